The van der Waals surface area contributed by atoms with Crippen molar-refractivity contribution < 1.29 is 9.84 Å². The molecule has 7 heteroatoms. The highest BCUT2D eigenvalue weighted by Crippen LogP contribution is 2.35. The molecule has 1 aromatic heterocycles. The van der Waals surface area contributed by atoms with Gasteiger partial charge >= 0.3 is 0 Å². The molecule has 0 atom stereocenters. The highest BCUT2D eigenvalue weighted by Gasteiger charge is 2.25. The summed E-state index contributed by atoms with van der Waals surface area (Å²) in [7, 11) is 1.50. The van der Waals surface area contributed by atoms with E-state index in [-0.39, 0.29) is 21.7 Å². The maximum atomic E-state index is 12.4. The van der Waals surface area contributed by atoms with Crippen molar-refractivity contribution in [3.8, 4) is 11.5 Å². The summed E-state index contributed by atoms with van der Waals surface area (Å²) in [5.41, 5.74) is 2.30. The molecule has 140 valence electrons. The van der Waals surface area contributed by atoms with E-state index in [1.165, 1.54) is 7.11 Å². The minimum atomic E-state index is -0.214. The number of phenolic OH excluding ortho intramolecular Hbond substituents is 1. The Kier molecular flexibility index (Phi) is 4.99. The molecular formula is C19H24ClN3O3. The fourth-order valence-corrected chi connectivity index (χ4v) is 3.35. The first-order chi connectivity index (χ1) is 12.2. The molecule has 3 rings (SSSR count). The summed E-state index contributed by atoms with van der Waals surface area (Å²) in [5.74, 6) is 1.01. The standard InChI is InChI=1S/C19H24ClN3O3/c1-19(2,3)18-21-14-10-23(6-5-12(14)17(25)22-18)9-11-7-13(20)16(24)15(8-11)26-4/h7-8,24H,5-6,9-10H2,1-4H3,(H,21,22,25). The van der Waals surface area contributed by atoms with Crippen molar-refractivity contribution in [2.75, 3.05) is 13.7 Å². The maximum absolute atomic E-state index is 12.4. The van der Waals surface area contributed by atoms with Crippen LogP contribution in [0.2, 0.25) is 5.02 Å². The number of methoxy groups -OCH3 is 1. The third-order valence-corrected chi connectivity index (χ3v) is 4.87. The molecule has 0 aliphatic carbocycles. The van der Waals surface area contributed by atoms with Crippen molar-refractivity contribution >= 4 is 11.6 Å². The molecule has 0 radical (unpaired) electrons. The van der Waals surface area contributed by atoms with Gasteiger partial charge in [-0.05, 0) is 24.1 Å². The number of halogens is 1. The Labute approximate surface area is 157 Å². The first-order valence-electron chi connectivity index (χ1n) is 8.59. The van der Waals surface area contributed by atoms with Crippen molar-refractivity contribution in [2.24, 2.45) is 0 Å². The van der Waals surface area contributed by atoms with Crippen molar-refractivity contribution in [1.82, 2.24) is 14.9 Å². The van der Waals surface area contributed by atoms with Gasteiger partial charge in [0.15, 0.2) is 11.5 Å². The summed E-state index contributed by atoms with van der Waals surface area (Å²) in [6.45, 7) is 8.08. The van der Waals surface area contributed by atoms with Gasteiger partial charge in [0.25, 0.3) is 5.56 Å². The predicted molar refractivity (Wildman–Crippen MR) is 101 cm³/mol. The van der Waals surface area contributed by atoms with E-state index >= 15 is 0 Å². The largest absolute Gasteiger partial charge is 0.503 e. The van der Waals surface area contributed by atoms with Gasteiger partial charge in [-0.25, -0.2) is 4.98 Å². The molecule has 26 heavy (non-hydrogen) atoms. The van der Waals surface area contributed by atoms with Crippen LogP contribution in [0, 0.1) is 0 Å². The Morgan fingerprint density at radius 2 is 2.12 bits per heavy atom. The minimum Gasteiger partial charge on any atom is -0.503 e. The monoisotopic (exact) mass is 377 g/mol. The summed E-state index contributed by atoms with van der Waals surface area (Å²) < 4.78 is 5.17. The number of benzene rings is 1. The van der Waals surface area contributed by atoms with Crippen LogP contribution >= 0.6 is 11.6 Å². The summed E-state index contributed by atoms with van der Waals surface area (Å²) in [5, 5.41) is 10.1. The molecule has 0 saturated heterocycles. The molecule has 2 N–H and O–H groups in total. The van der Waals surface area contributed by atoms with Gasteiger partial charge in [-0.3, -0.25) is 9.69 Å². The van der Waals surface area contributed by atoms with Gasteiger partial charge < -0.3 is 14.8 Å². The minimum absolute atomic E-state index is 0.0334. The van der Waals surface area contributed by atoms with Crippen LogP contribution in [-0.2, 0) is 24.9 Å². The number of aromatic amines is 1. The van der Waals surface area contributed by atoms with Crippen LogP contribution in [0.1, 0.15) is 43.4 Å². The topological polar surface area (TPSA) is 78.5 Å². The summed E-state index contributed by atoms with van der Waals surface area (Å²) >= 11 is 6.08. The van der Waals surface area contributed by atoms with E-state index in [2.05, 4.69) is 9.88 Å². The van der Waals surface area contributed by atoms with Gasteiger partial charge in [0.05, 0.1) is 17.8 Å². The number of aromatic hydroxyl groups is 1. The van der Waals surface area contributed by atoms with Gasteiger partial charge in [-0.1, -0.05) is 32.4 Å². The maximum Gasteiger partial charge on any atom is 0.254 e. The molecule has 1 aliphatic heterocycles. The molecule has 0 amide bonds. The van der Waals surface area contributed by atoms with Crippen molar-refractivity contribution in [2.45, 2.75) is 45.7 Å². The Morgan fingerprint density at radius 1 is 1.38 bits per heavy atom. The Bertz CT molecular complexity index is 887. The number of hydrogen-bond acceptors (Lipinski definition) is 5. The zero-order chi connectivity index (χ0) is 19.1. The Hall–Kier alpha value is -2.05. The van der Waals surface area contributed by atoms with E-state index in [4.69, 9.17) is 21.3 Å². The molecule has 0 saturated carbocycles. The van der Waals surface area contributed by atoms with Crippen LogP contribution in [-0.4, -0.2) is 33.6 Å². The lowest BCUT2D eigenvalue weighted by Crippen LogP contribution is -2.36. The lowest BCUT2D eigenvalue weighted by molar-refractivity contribution is 0.239. The molecule has 0 fully saturated rings. The van der Waals surface area contributed by atoms with Crippen molar-refractivity contribution in [3.05, 3.63) is 50.2 Å². The van der Waals surface area contributed by atoms with Crippen LogP contribution in [0.3, 0.4) is 0 Å². The second-order valence-corrected chi connectivity index (χ2v) is 8.09. The van der Waals surface area contributed by atoms with Gasteiger partial charge in [0.1, 0.15) is 5.82 Å². The Morgan fingerprint density at radius 3 is 2.77 bits per heavy atom. The second-order valence-electron chi connectivity index (χ2n) is 7.68. The third-order valence-electron chi connectivity index (χ3n) is 4.58. The van der Waals surface area contributed by atoms with Gasteiger partial charge in [0, 0.05) is 30.6 Å². The van der Waals surface area contributed by atoms with Gasteiger partial charge in [0.2, 0.25) is 0 Å². The van der Waals surface area contributed by atoms with E-state index < -0.39 is 0 Å². The molecule has 6 nitrogen and oxygen atoms in total. The zero-order valence-corrected chi connectivity index (χ0v) is 16.3. The fourth-order valence-electron chi connectivity index (χ4n) is 3.12. The molecule has 0 unspecified atom stereocenters. The molecular weight excluding hydrogens is 354 g/mol. The number of rotatable bonds is 3. The average molecular weight is 378 g/mol. The normalized spacial score (nSPS) is 15.0. The number of hydrogen-bond donors (Lipinski definition) is 2. The zero-order valence-electron chi connectivity index (χ0n) is 15.5. The smallest absolute Gasteiger partial charge is 0.254 e. The van der Waals surface area contributed by atoms with Crippen LogP contribution in [0.5, 0.6) is 11.5 Å². The number of nitrogens with one attached hydrogen (secondary N) is 1. The quantitative estimate of drug-likeness (QED) is 0.859. The van der Waals surface area contributed by atoms with E-state index in [1.54, 1.807) is 12.1 Å². The van der Waals surface area contributed by atoms with E-state index in [0.717, 1.165) is 23.4 Å². The van der Waals surface area contributed by atoms with E-state index in [1.807, 2.05) is 20.8 Å². The third kappa shape index (κ3) is 3.71. The van der Waals surface area contributed by atoms with Gasteiger partial charge in [-0.15, -0.1) is 0 Å². The molecule has 2 aromatic rings. The lowest BCUT2D eigenvalue weighted by Gasteiger charge is -2.29. The lowest BCUT2D eigenvalue weighted by atomic mass is 9.95. The summed E-state index contributed by atoms with van der Waals surface area (Å²) in [4.78, 5) is 22.2. The number of phenols is 1. The SMILES string of the molecule is COc1cc(CN2CCc3c(nc(C(C)(C)C)[nH]c3=O)C2)cc(Cl)c1O. The molecule has 0 bridgehead atoms. The number of ether oxygens (including phenoxy) is 1. The Balaban J connectivity index is 1.86. The molecule has 1 aliphatic rings. The van der Waals surface area contributed by atoms with Crippen molar-refractivity contribution in [1.29, 1.82) is 0 Å². The molecule has 2 heterocycles. The highest BCUT2D eigenvalue weighted by atomic mass is 35.5. The van der Waals surface area contributed by atoms with Crippen molar-refractivity contribution in [3.63, 3.8) is 0 Å². The first kappa shape index (κ1) is 18.7. The van der Waals surface area contributed by atoms with E-state index in [0.29, 0.717) is 31.1 Å². The average Bonchev–Trinajstić information content (AvgIpc) is 2.56. The van der Waals surface area contributed by atoms with Crippen LogP contribution in [0.25, 0.3) is 0 Å². The van der Waals surface area contributed by atoms with Gasteiger partial charge in [-0.2, -0.15) is 0 Å². The highest BCUT2D eigenvalue weighted by molar-refractivity contribution is 6.32. The number of fused-ring (bicyclic) bond motifs is 1. The van der Waals surface area contributed by atoms with Crippen LogP contribution < -0.4 is 10.3 Å². The van der Waals surface area contributed by atoms with Crippen LogP contribution in [0.4, 0.5) is 0 Å². The summed E-state index contributed by atoms with van der Waals surface area (Å²) in [6.07, 6.45) is 0.658. The second kappa shape index (κ2) is 6.93. The first-order valence-corrected chi connectivity index (χ1v) is 8.97. The fraction of sp³-hybridized carbons (Fsp3) is 0.474. The predicted octanol–water partition coefficient (Wildman–Crippen LogP) is 2.99. The summed E-state index contributed by atoms with van der Waals surface area (Å²) in [6, 6.07) is 3.52. The molecule has 0 spiro atoms. The number of nitrogens with zero attached hydrogens (tertiary/aromatic N) is 2. The number of aromatic nitrogens is 2. The van der Waals surface area contributed by atoms with E-state index in [9.17, 15) is 9.90 Å². The van der Waals surface area contributed by atoms with Crippen LogP contribution in [0.15, 0.2) is 16.9 Å². The molecule has 1 aromatic carbocycles. The number of H-pyrrole nitrogens is 1.